The van der Waals surface area contributed by atoms with Crippen molar-refractivity contribution < 1.29 is 19.1 Å². The molecule has 2 amide bonds. The minimum absolute atomic E-state index is 0.0440. The number of ether oxygens (including phenoxy) is 1. The third-order valence-electron chi connectivity index (χ3n) is 4.25. The third kappa shape index (κ3) is 3.17. The van der Waals surface area contributed by atoms with Crippen molar-refractivity contribution in [1.82, 2.24) is 4.90 Å². The molecule has 1 unspecified atom stereocenters. The number of amides is 2. The van der Waals surface area contributed by atoms with Gasteiger partial charge in [-0.15, -0.1) is 11.8 Å². The van der Waals surface area contributed by atoms with Crippen molar-refractivity contribution in [2.24, 2.45) is 0 Å². The maximum atomic E-state index is 12.5. The summed E-state index contributed by atoms with van der Waals surface area (Å²) >= 11 is 1.59. The summed E-state index contributed by atoms with van der Waals surface area (Å²) in [6.07, 6.45) is 1.96. The van der Waals surface area contributed by atoms with Crippen LogP contribution in [-0.2, 0) is 9.53 Å². The average molecular weight is 355 g/mol. The van der Waals surface area contributed by atoms with Gasteiger partial charge >= 0.3 is 5.97 Å². The lowest BCUT2D eigenvalue weighted by atomic mass is 9.98. The van der Waals surface area contributed by atoms with Crippen molar-refractivity contribution >= 4 is 29.5 Å². The smallest absolute Gasteiger partial charge is 0.314 e. The van der Waals surface area contributed by atoms with Crippen molar-refractivity contribution in [2.45, 2.75) is 10.8 Å². The van der Waals surface area contributed by atoms with Gasteiger partial charge in [0.05, 0.1) is 24.2 Å². The number of rotatable bonds is 5. The first-order valence-corrected chi connectivity index (χ1v) is 8.96. The molecule has 1 atom stereocenters. The summed E-state index contributed by atoms with van der Waals surface area (Å²) < 4.78 is 4.89. The van der Waals surface area contributed by atoms with Crippen LogP contribution in [0.15, 0.2) is 53.4 Å². The van der Waals surface area contributed by atoms with E-state index < -0.39 is 11.9 Å². The zero-order chi connectivity index (χ0) is 18.0. The highest BCUT2D eigenvalue weighted by Gasteiger charge is 2.38. The summed E-state index contributed by atoms with van der Waals surface area (Å²) in [4.78, 5) is 39.5. The Morgan fingerprint density at radius 2 is 1.60 bits per heavy atom. The number of nitrogens with zero attached hydrogens (tertiary/aromatic N) is 1. The molecule has 1 aliphatic heterocycles. The van der Waals surface area contributed by atoms with Crippen molar-refractivity contribution in [3.05, 3.63) is 65.2 Å². The maximum absolute atomic E-state index is 12.5. The second kappa shape index (κ2) is 7.11. The Morgan fingerprint density at radius 1 is 1.04 bits per heavy atom. The van der Waals surface area contributed by atoms with E-state index in [9.17, 15) is 14.4 Å². The molecule has 0 aromatic heterocycles. The Labute approximate surface area is 150 Å². The lowest BCUT2D eigenvalue weighted by Gasteiger charge is -2.21. The van der Waals surface area contributed by atoms with Crippen molar-refractivity contribution in [1.29, 1.82) is 0 Å². The van der Waals surface area contributed by atoms with Gasteiger partial charge in [0.25, 0.3) is 11.8 Å². The highest BCUT2D eigenvalue weighted by molar-refractivity contribution is 7.98. The number of esters is 1. The van der Waals surface area contributed by atoms with Crippen LogP contribution in [0.3, 0.4) is 0 Å². The number of carbonyl (C=O) groups excluding carboxylic acids is 3. The third-order valence-corrected chi connectivity index (χ3v) is 4.99. The molecule has 25 heavy (non-hydrogen) atoms. The van der Waals surface area contributed by atoms with Gasteiger partial charge in [-0.2, -0.15) is 0 Å². The molecule has 6 heteroatoms. The van der Waals surface area contributed by atoms with Gasteiger partial charge in [0.2, 0.25) is 0 Å². The predicted octanol–water partition coefficient (Wildman–Crippen LogP) is 2.96. The Hall–Kier alpha value is -2.60. The molecule has 0 bridgehead atoms. The van der Waals surface area contributed by atoms with Crippen LogP contribution in [0.4, 0.5) is 0 Å². The Morgan fingerprint density at radius 3 is 2.08 bits per heavy atom. The van der Waals surface area contributed by atoms with Crippen molar-refractivity contribution in [3.8, 4) is 0 Å². The minimum Gasteiger partial charge on any atom is -0.468 e. The van der Waals surface area contributed by atoms with Crippen LogP contribution in [0.5, 0.6) is 0 Å². The van der Waals surface area contributed by atoms with Crippen LogP contribution in [0.2, 0.25) is 0 Å². The summed E-state index contributed by atoms with van der Waals surface area (Å²) in [5.74, 6) is -1.96. The van der Waals surface area contributed by atoms with E-state index in [-0.39, 0.29) is 18.4 Å². The highest BCUT2D eigenvalue weighted by Crippen LogP contribution is 2.28. The predicted molar refractivity (Wildman–Crippen MR) is 94.8 cm³/mol. The van der Waals surface area contributed by atoms with Crippen LogP contribution in [-0.4, -0.2) is 42.6 Å². The largest absolute Gasteiger partial charge is 0.468 e. The van der Waals surface area contributed by atoms with Crippen LogP contribution in [0, 0.1) is 0 Å². The molecule has 5 nitrogen and oxygen atoms in total. The summed E-state index contributed by atoms with van der Waals surface area (Å²) in [6, 6.07) is 14.1. The van der Waals surface area contributed by atoms with Gasteiger partial charge in [0, 0.05) is 11.4 Å². The number of carbonyl (C=O) groups is 3. The SMILES string of the molecule is COC(=O)C(CN1C(=O)c2ccccc2C1=O)c1ccc(SC)cc1. The molecular weight excluding hydrogens is 338 g/mol. The fourth-order valence-corrected chi connectivity index (χ4v) is 3.29. The fraction of sp³-hybridized carbons (Fsp3) is 0.211. The topological polar surface area (TPSA) is 63.7 Å². The van der Waals surface area contributed by atoms with E-state index in [1.165, 1.54) is 7.11 Å². The number of hydrogen-bond donors (Lipinski definition) is 0. The molecule has 1 heterocycles. The van der Waals surface area contributed by atoms with E-state index in [1.54, 1.807) is 36.0 Å². The molecule has 1 aliphatic rings. The van der Waals surface area contributed by atoms with E-state index in [2.05, 4.69) is 0 Å². The molecule has 2 aromatic carbocycles. The van der Waals surface area contributed by atoms with Crippen LogP contribution in [0.1, 0.15) is 32.2 Å². The molecule has 0 fully saturated rings. The zero-order valence-electron chi connectivity index (χ0n) is 13.9. The lowest BCUT2D eigenvalue weighted by Crippen LogP contribution is -2.36. The number of fused-ring (bicyclic) bond motifs is 1. The molecule has 0 N–H and O–H groups in total. The molecule has 128 valence electrons. The van der Waals surface area contributed by atoms with Crippen LogP contribution in [0.25, 0.3) is 0 Å². The van der Waals surface area contributed by atoms with E-state index >= 15 is 0 Å². The van der Waals surface area contributed by atoms with Gasteiger partial charge in [0.1, 0.15) is 0 Å². The molecule has 2 aromatic rings. The van der Waals surface area contributed by atoms with E-state index in [4.69, 9.17) is 4.74 Å². The quantitative estimate of drug-likeness (QED) is 0.469. The summed E-state index contributed by atoms with van der Waals surface area (Å²) in [5, 5.41) is 0. The maximum Gasteiger partial charge on any atom is 0.314 e. The molecule has 0 saturated carbocycles. The minimum atomic E-state index is -0.719. The molecule has 0 spiro atoms. The number of benzene rings is 2. The molecule has 0 saturated heterocycles. The molecular formula is C19H17NO4S. The Bertz CT molecular complexity index is 797. The summed E-state index contributed by atoms with van der Waals surface area (Å²) in [7, 11) is 1.30. The van der Waals surface area contributed by atoms with Crippen LogP contribution < -0.4 is 0 Å². The van der Waals surface area contributed by atoms with Crippen molar-refractivity contribution in [3.63, 3.8) is 0 Å². The average Bonchev–Trinajstić information content (AvgIpc) is 2.90. The monoisotopic (exact) mass is 355 g/mol. The first-order valence-electron chi connectivity index (χ1n) is 7.73. The standard InChI is InChI=1S/C19H17NO4S/c1-24-19(23)16(12-7-9-13(25-2)10-8-12)11-20-17(21)14-5-3-4-6-15(14)18(20)22/h3-10,16H,11H2,1-2H3. The van der Waals surface area contributed by atoms with E-state index in [0.29, 0.717) is 16.7 Å². The van der Waals surface area contributed by atoms with Gasteiger partial charge in [-0.3, -0.25) is 19.3 Å². The van der Waals surface area contributed by atoms with Crippen LogP contribution >= 0.6 is 11.8 Å². The normalized spacial score (nSPS) is 14.4. The van der Waals surface area contributed by atoms with E-state index in [1.807, 2.05) is 30.5 Å². The van der Waals surface area contributed by atoms with Gasteiger partial charge in [0.15, 0.2) is 0 Å². The first kappa shape index (κ1) is 17.2. The van der Waals surface area contributed by atoms with Crippen molar-refractivity contribution in [2.75, 3.05) is 19.9 Å². The number of thioether (sulfide) groups is 1. The molecule has 0 radical (unpaired) electrons. The molecule has 0 aliphatic carbocycles. The number of methoxy groups -OCH3 is 1. The number of imide groups is 1. The van der Waals surface area contributed by atoms with Gasteiger partial charge in [-0.25, -0.2) is 0 Å². The summed E-state index contributed by atoms with van der Waals surface area (Å²) in [5.41, 5.74) is 1.45. The Balaban J connectivity index is 1.90. The zero-order valence-corrected chi connectivity index (χ0v) is 14.7. The number of hydrogen-bond acceptors (Lipinski definition) is 5. The first-order chi connectivity index (χ1) is 12.1. The van der Waals surface area contributed by atoms with Gasteiger partial charge < -0.3 is 4.74 Å². The fourth-order valence-electron chi connectivity index (χ4n) is 2.88. The summed E-state index contributed by atoms with van der Waals surface area (Å²) in [6.45, 7) is -0.0440. The van der Waals surface area contributed by atoms with E-state index in [0.717, 1.165) is 9.80 Å². The second-order valence-corrected chi connectivity index (χ2v) is 6.50. The molecule has 3 rings (SSSR count). The second-order valence-electron chi connectivity index (χ2n) is 5.62. The highest BCUT2D eigenvalue weighted by atomic mass is 32.2. The van der Waals surface area contributed by atoms with Gasteiger partial charge in [-0.05, 0) is 36.1 Å². The van der Waals surface area contributed by atoms with Gasteiger partial charge in [-0.1, -0.05) is 24.3 Å². The Kier molecular flexibility index (Phi) is 4.90. The lowest BCUT2D eigenvalue weighted by molar-refractivity contribution is -0.142.